The zero-order valence-electron chi connectivity index (χ0n) is 9.26. The molecule has 0 aromatic heterocycles. The van der Waals surface area contributed by atoms with Crippen molar-refractivity contribution in [3.8, 4) is 0 Å². The highest BCUT2D eigenvalue weighted by atomic mass is 35.5. The Bertz CT molecular complexity index is 230. The van der Waals surface area contributed by atoms with Gasteiger partial charge in [-0.05, 0) is 36.8 Å². The number of rotatable bonds is 4. The largest absolute Gasteiger partial charge is 0.123 e. The van der Waals surface area contributed by atoms with Crippen LogP contribution in [-0.4, -0.2) is 5.38 Å². The van der Waals surface area contributed by atoms with E-state index in [-0.39, 0.29) is 5.38 Å². The number of hydrogen-bond donors (Lipinski definition) is 0. The van der Waals surface area contributed by atoms with Gasteiger partial charge < -0.3 is 0 Å². The minimum absolute atomic E-state index is 0.228. The molecule has 0 aliphatic carbocycles. The fourth-order valence-corrected chi connectivity index (χ4v) is 1.79. The highest BCUT2D eigenvalue weighted by Gasteiger charge is 2.00. The third kappa shape index (κ3) is 4.15. The topological polar surface area (TPSA) is 0 Å². The van der Waals surface area contributed by atoms with Crippen LogP contribution in [0.2, 0.25) is 0 Å². The van der Waals surface area contributed by atoms with Crippen molar-refractivity contribution in [2.45, 2.75) is 39.0 Å². The average molecular weight is 211 g/mol. The molecule has 1 rings (SSSR count). The van der Waals surface area contributed by atoms with Crippen LogP contribution in [0.25, 0.3) is 0 Å². The van der Waals surface area contributed by atoms with Crippen molar-refractivity contribution in [1.29, 1.82) is 0 Å². The van der Waals surface area contributed by atoms with Gasteiger partial charge in [0.1, 0.15) is 0 Å². The van der Waals surface area contributed by atoms with Gasteiger partial charge in [0.05, 0.1) is 0 Å². The van der Waals surface area contributed by atoms with Crippen LogP contribution in [0, 0.1) is 5.92 Å². The molecule has 0 radical (unpaired) electrons. The number of hydrogen-bond acceptors (Lipinski definition) is 0. The summed E-state index contributed by atoms with van der Waals surface area (Å²) in [6, 6.07) is 8.82. The maximum Gasteiger partial charge on any atom is 0.0348 e. The standard InChI is InChI=1S/C13H19Cl/c1-10(2)8-12-4-6-13(7-5-12)9-11(3)14/h4-7,10-11H,8-9H2,1-3H3. The fourth-order valence-electron chi connectivity index (χ4n) is 1.61. The van der Waals surface area contributed by atoms with Crippen molar-refractivity contribution < 1.29 is 0 Å². The summed E-state index contributed by atoms with van der Waals surface area (Å²) in [6.07, 6.45) is 2.13. The van der Waals surface area contributed by atoms with Crippen LogP contribution in [0.4, 0.5) is 0 Å². The lowest BCUT2D eigenvalue weighted by atomic mass is 10.0. The Kier molecular flexibility index (Phi) is 4.47. The van der Waals surface area contributed by atoms with Gasteiger partial charge in [-0.15, -0.1) is 11.6 Å². The molecule has 0 N–H and O–H groups in total. The quantitative estimate of drug-likeness (QED) is 0.658. The number of halogens is 1. The van der Waals surface area contributed by atoms with E-state index in [9.17, 15) is 0 Å². The van der Waals surface area contributed by atoms with Crippen LogP contribution >= 0.6 is 11.6 Å². The molecule has 1 atom stereocenters. The van der Waals surface area contributed by atoms with Gasteiger partial charge in [0.25, 0.3) is 0 Å². The second-order valence-corrected chi connectivity index (χ2v) is 5.14. The first-order valence-electron chi connectivity index (χ1n) is 5.30. The predicted molar refractivity (Wildman–Crippen MR) is 64.0 cm³/mol. The average Bonchev–Trinajstić information content (AvgIpc) is 2.06. The molecule has 0 fully saturated rings. The molecule has 0 aliphatic heterocycles. The molecule has 0 bridgehead atoms. The monoisotopic (exact) mass is 210 g/mol. The first kappa shape index (κ1) is 11.6. The maximum atomic E-state index is 5.94. The summed E-state index contributed by atoms with van der Waals surface area (Å²) in [4.78, 5) is 0. The molecule has 0 aliphatic rings. The van der Waals surface area contributed by atoms with E-state index in [4.69, 9.17) is 11.6 Å². The van der Waals surface area contributed by atoms with Crippen LogP contribution in [-0.2, 0) is 12.8 Å². The summed E-state index contributed by atoms with van der Waals surface area (Å²) < 4.78 is 0. The Balaban J connectivity index is 2.59. The summed E-state index contributed by atoms with van der Waals surface area (Å²) in [5.41, 5.74) is 2.76. The molecule has 1 aromatic carbocycles. The highest BCUT2D eigenvalue weighted by Crippen LogP contribution is 2.12. The lowest BCUT2D eigenvalue weighted by molar-refractivity contribution is 0.647. The van der Waals surface area contributed by atoms with Gasteiger partial charge in [0, 0.05) is 5.38 Å². The normalized spacial score (nSPS) is 13.2. The van der Waals surface area contributed by atoms with E-state index in [0.717, 1.165) is 18.8 Å². The molecule has 1 aromatic rings. The van der Waals surface area contributed by atoms with Crippen molar-refractivity contribution in [2.24, 2.45) is 5.92 Å². The van der Waals surface area contributed by atoms with E-state index in [1.54, 1.807) is 0 Å². The second kappa shape index (κ2) is 5.41. The molecule has 0 heterocycles. The van der Waals surface area contributed by atoms with Gasteiger partial charge in [-0.2, -0.15) is 0 Å². The van der Waals surface area contributed by atoms with Gasteiger partial charge in [-0.3, -0.25) is 0 Å². The van der Waals surface area contributed by atoms with Crippen molar-refractivity contribution in [2.75, 3.05) is 0 Å². The summed E-state index contributed by atoms with van der Waals surface area (Å²) in [7, 11) is 0. The molecular formula is C13H19Cl. The SMILES string of the molecule is CC(C)Cc1ccc(CC(C)Cl)cc1. The number of alkyl halides is 1. The first-order valence-corrected chi connectivity index (χ1v) is 5.73. The molecule has 0 saturated carbocycles. The zero-order chi connectivity index (χ0) is 10.6. The predicted octanol–water partition coefficient (Wildman–Crippen LogP) is 4.05. The first-order chi connectivity index (χ1) is 6.58. The van der Waals surface area contributed by atoms with Crippen molar-refractivity contribution in [3.63, 3.8) is 0 Å². The highest BCUT2D eigenvalue weighted by molar-refractivity contribution is 6.20. The summed E-state index contributed by atoms with van der Waals surface area (Å²) in [6.45, 7) is 6.52. The summed E-state index contributed by atoms with van der Waals surface area (Å²) in [5, 5.41) is 0.228. The van der Waals surface area contributed by atoms with Crippen LogP contribution in [0.1, 0.15) is 31.9 Å². The molecule has 0 spiro atoms. The van der Waals surface area contributed by atoms with Gasteiger partial charge in [0.15, 0.2) is 0 Å². The maximum absolute atomic E-state index is 5.94. The van der Waals surface area contributed by atoms with Gasteiger partial charge in [0.2, 0.25) is 0 Å². The van der Waals surface area contributed by atoms with E-state index >= 15 is 0 Å². The van der Waals surface area contributed by atoms with E-state index in [1.807, 2.05) is 6.92 Å². The van der Waals surface area contributed by atoms with Crippen LogP contribution < -0.4 is 0 Å². The Labute approximate surface area is 92.3 Å². The Hall–Kier alpha value is -0.490. The van der Waals surface area contributed by atoms with Crippen molar-refractivity contribution in [3.05, 3.63) is 35.4 Å². The third-order valence-electron chi connectivity index (χ3n) is 2.18. The van der Waals surface area contributed by atoms with E-state index < -0.39 is 0 Å². The lowest BCUT2D eigenvalue weighted by Crippen LogP contribution is -1.98. The molecule has 0 amide bonds. The van der Waals surface area contributed by atoms with E-state index in [2.05, 4.69) is 38.1 Å². The minimum Gasteiger partial charge on any atom is -0.123 e. The van der Waals surface area contributed by atoms with Gasteiger partial charge >= 0.3 is 0 Å². The van der Waals surface area contributed by atoms with Gasteiger partial charge in [-0.1, -0.05) is 38.1 Å². The molecule has 14 heavy (non-hydrogen) atoms. The van der Waals surface area contributed by atoms with E-state index in [1.165, 1.54) is 11.1 Å². The molecule has 0 saturated heterocycles. The molecule has 78 valence electrons. The molecule has 0 nitrogen and oxygen atoms in total. The lowest BCUT2D eigenvalue weighted by Gasteiger charge is -2.07. The Morgan fingerprint density at radius 1 is 0.929 bits per heavy atom. The minimum atomic E-state index is 0.228. The fraction of sp³-hybridized carbons (Fsp3) is 0.538. The smallest absolute Gasteiger partial charge is 0.0348 e. The summed E-state index contributed by atoms with van der Waals surface area (Å²) in [5.74, 6) is 0.729. The Morgan fingerprint density at radius 3 is 1.71 bits per heavy atom. The van der Waals surface area contributed by atoms with E-state index in [0.29, 0.717) is 0 Å². The number of benzene rings is 1. The second-order valence-electron chi connectivity index (χ2n) is 4.40. The molecule has 1 heteroatoms. The van der Waals surface area contributed by atoms with Gasteiger partial charge in [-0.25, -0.2) is 0 Å². The van der Waals surface area contributed by atoms with Crippen LogP contribution in [0.15, 0.2) is 24.3 Å². The third-order valence-corrected chi connectivity index (χ3v) is 2.34. The van der Waals surface area contributed by atoms with Crippen molar-refractivity contribution >= 4 is 11.6 Å². The summed E-state index contributed by atoms with van der Waals surface area (Å²) >= 11 is 5.94. The zero-order valence-corrected chi connectivity index (χ0v) is 10.0. The molecular weight excluding hydrogens is 192 g/mol. The van der Waals surface area contributed by atoms with Crippen LogP contribution in [0.3, 0.4) is 0 Å². The van der Waals surface area contributed by atoms with Crippen molar-refractivity contribution in [1.82, 2.24) is 0 Å². The molecule has 1 unspecified atom stereocenters. The van der Waals surface area contributed by atoms with Crippen LogP contribution in [0.5, 0.6) is 0 Å². The Morgan fingerprint density at radius 2 is 1.36 bits per heavy atom.